The number of rotatable bonds is 3. The molecule has 2 unspecified atom stereocenters. The third-order valence-corrected chi connectivity index (χ3v) is 3.91. The number of ether oxygens (including phenoxy) is 1. The van der Waals surface area contributed by atoms with E-state index in [0.717, 1.165) is 5.56 Å². The molecule has 0 bridgehead atoms. The number of hydrogen-bond donors (Lipinski definition) is 1. The summed E-state index contributed by atoms with van der Waals surface area (Å²) in [4.78, 5) is 0. The van der Waals surface area contributed by atoms with E-state index >= 15 is 0 Å². The topological polar surface area (TPSA) is 29.5 Å². The van der Waals surface area contributed by atoms with Crippen LogP contribution in [0.4, 0.5) is 13.2 Å². The highest BCUT2D eigenvalue weighted by Gasteiger charge is 2.62. The smallest absolute Gasteiger partial charge is 0.355 e. The molecule has 0 fully saturated rings. The summed E-state index contributed by atoms with van der Waals surface area (Å²) in [7, 11) is 0. The molecule has 22 heavy (non-hydrogen) atoms. The van der Waals surface area contributed by atoms with Crippen molar-refractivity contribution in [1.82, 2.24) is 0 Å². The maximum absolute atomic E-state index is 13.2. The Morgan fingerprint density at radius 1 is 1.00 bits per heavy atom. The number of hydrogen-bond acceptors (Lipinski definition) is 2. The van der Waals surface area contributed by atoms with Crippen molar-refractivity contribution in [3.05, 3.63) is 71.3 Å². The zero-order valence-corrected chi connectivity index (χ0v) is 11.7. The Balaban J connectivity index is 1.86. The summed E-state index contributed by atoms with van der Waals surface area (Å²) in [5.41, 5.74) is 1.21. The van der Waals surface area contributed by atoms with Crippen molar-refractivity contribution in [1.29, 1.82) is 0 Å². The summed E-state index contributed by atoms with van der Waals surface area (Å²) in [6.07, 6.45) is -4.69. The Kier molecular flexibility index (Phi) is 3.70. The number of alkyl halides is 3. The third-order valence-electron chi connectivity index (χ3n) is 3.91. The highest BCUT2D eigenvalue weighted by atomic mass is 19.4. The standard InChI is InChI=1S/C17H15F3O2/c18-17(19,20)16(21)14-9-5-4-8-13(14)15(22-16)11-10-12-6-2-1-3-7-12/h1-9,15,21H,10-11H2. The predicted molar refractivity (Wildman–Crippen MR) is 75.0 cm³/mol. The van der Waals surface area contributed by atoms with Gasteiger partial charge < -0.3 is 9.84 Å². The molecular formula is C17H15F3O2. The molecule has 116 valence electrons. The van der Waals surface area contributed by atoms with E-state index in [4.69, 9.17) is 4.74 Å². The van der Waals surface area contributed by atoms with Gasteiger partial charge in [-0.1, -0.05) is 54.6 Å². The zero-order chi connectivity index (χ0) is 15.8. The van der Waals surface area contributed by atoms with Gasteiger partial charge in [-0.05, 0) is 24.0 Å². The fraction of sp³-hybridized carbons (Fsp3) is 0.294. The lowest BCUT2D eigenvalue weighted by Crippen LogP contribution is -2.42. The molecule has 0 aromatic heterocycles. The van der Waals surface area contributed by atoms with Gasteiger partial charge in [0.15, 0.2) is 0 Å². The van der Waals surface area contributed by atoms with Crippen molar-refractivity contribution in [3.8, 4) is 0 Å². The van der Waals surface area contributed by atoms with Gasteiger partial charge in [-0.2, -0.15) is 13.2 Å². The van der Waals surface area contributed by atoms with E-state index in [1.54, 1.807) is 12.1 Å². The van der Waals surface area contributed by atoms with Gasteiger partial charge in [0, 0.05) is 5.56 Å². The van der Waals surface area contributed by atoms with E-state index in [0.29, 0.717) is 18.4 Å². The van der Waals surface area contributed by atoms with Crippen LogP contribution in [0, 0.1) is 0 Å². The summed E-state index contributed by atoms with van der Waals surface area (Å²) in [5, 5.41) is 10.0. The first kappa shape index (κ1) is 15.1. The summed E-state index contributed by atoms with van der Waals surface area (Å²) < 4.78 is 44.6. The Morgan fingerprint density at radius 3 is 2.32 bits per heavy atom. The lowest BCUT2D eigenvalue weighted by Gasteiger charge is -2.26. The average molecular weight is 308 g/mol. The van der Waals surface area contributed by atoms with Crippen molar-refractivity contribution in [3.63, 3.8) is 0 Å². The van der Waals surface area contributed by atoms with Crippen molar-refractivity contribution in [2.75, 3.05) is 0 Å². The van der Waals surface area contributed by atoms with Gasteiger partial charge in [0.05, 0.1) is 6.10 Å². The van der Waals surface area contributed by atoms with Crippen LogP contribution in [0.3, 0.4) is 0 Å². The highest BCUT2D eigenvalue weighted by molar-refractivity contribution is 5.37. The van der Waals surface area contributed by atoms with Crippen LogP contribution in [0.5, 0.6) is 0 Å². The highest BCUT2D eigenvalue weighted by Crippen LogP contribution is 2.51. The molecule has 0 saturated carbocycles. The van der Waals surface area contributed by atoms with Crippen molar-refractivity contribution in [2.45, 2.75) is 30.9 Å². The fourth-order valence-corrected chi connectivity index (χ4v) is 2.80. The second-order valence-corrected chi connectivity index (χ2v) is 5.36. The first-order valence-electron chi connectivity index (χ1n) is 7.02. The normalized spacial score (nSPS) is 24.3. The fourth-order valence-electron chi connectivity index (χ4n) is 2.80. The Bertz CT molecular complexity index is 654. The first-order chi connectivity index (χ1) is 10.4. The molecular weight excluding hydrogens is 293 g/mol. The van der Waals surface area contributed by atoms with Crippen LogP contribution in [-0.2, 0) is 16.9 Å². The molecule has 0 spiro atoms. The van der Waals surface area contributed by atoms with Gasteiger partial charge in [-0.3, -0.25) is 0 Å². The molecule has 1 heterocycles. The minimum Gasteiger partial charge on any atom is -0.355 e. The second-order valence-electron chi connectivity index (χ2n) is 5.36. The molecule has 2 aromatic carbocycles. The lowest BCUT2D eigenvalue weighted by molar-refractivity contribution is -0.378. The van der Waals surface area contributed by atoms with Crippen LogP contribution in [0.1, 0.15) is 29.2 Å². The van der Waals surface area contributed by atoms with Crippen LogP contribution in [-0.4, -0.2) is 11.3 Å². The van der Waals surface area contributed by atoms with Gasteiger partial charge in [-0.25, -0.2) is 0 Å². The van der Waals surface area contributed by atoms with E-state index in [-0.39, 0.29) is 5.56 Å². The molecule has 2 atom stereocenters. The van der Waals surface area contributed by atoms with Crippen LogP contribution in [0.15, 0.2) is 54.6 Å². The molecule has 0 radical (unpaired) electrons. The SMILES string of the molecule is OC1(C(F)(F)F)OC(CCc2ccccc2)c2ccccc21. The molecule has 2 aromatic rings. The number of benzene rings is 2. The molecule has 5 heteroatoms. The summed E-state index contributed by atoms with van der Waals surface area (Å²) in [6.45, 7) is 0. The van der Waals surface area contributed by atoms with Crippen LogP contribution >= 0.6 is 0 Å². The van der Waals surface area contributed by atoms with Crippen LogP contribution in [0.2, 0.25) is 0 Å². The van der Waals surface area contributed by atoms with E-state index in [1.165, 1.54) is 12.1 Å². The maximum Gasteiger partial charge on any atom is 0.448 e. The molecule has 1 aliphatic heterocycles. The van der Waals surface area contributed by atoms with Gasteiger partial charge in [-0.15, -0.1) is 0 Å². The van der Waals surface area contributed by atoms with Crippen molar-refractivity contribution < 1.29 is 23.0 Å². The summed E-state index contributed by atoms with van der Waals surface area (Å²) in [5.74, 6) is -3.22. The van der Waals surface area contributed by atoms with Crippen molar-refractivity contribution in [2.24, 2.45) is 0 Å². The molecule has 2 nitrogen and oxygen atoms in total. The molecule has 1 aliphatic rings. The molecule has 3 rings (SSSR count). The Hall–Kier alpha value is -1.85. The lowest BCUT2D eigenvalue weighted by atomic mass is 9.96. The predicted octanol–water partition coefficient (Wildman–Crippen LogP) is 4.10. The van der Waals surface area contributed by atoms with E-state index in [2.05, 4.69) is 0 Å². The maximum atomic E-state index is 13.2. The number of aryl methyl sites for hydroxylation is 1. The van der Waals surface area contributed by atoms with Gasteiger partial charge in [0.1, 0.15) is 0 Å². The van der Waals surface area contributed by atoms with Gasteiger partial charge in [0.2, 0.25) is 0 Å². The van der Waals surface area contributed by atoms with E-state index in [1.807, 2.05) is 30.3 Å². The van der Waals surface area contributed by atoms with Gasteiger partial charge in [0.25, 0.3) is 5.79 Å². The minimum absolute atomic E-state index is 0.208. The largest absolute Gasteiger partial charge is 0.448 e. The first-order valence-corrected chi connectivity index (χ1v) is 7.02. The van der Waals surface area contributed by atoms with Crippen molar-refractivity contribution >= 4 is 0 Å². The Labute approximate surface area is 126 Å². The number of aliphatic hydroxyl groups is 1. The molecule has 1 N–H and O–H groups in total. The summed E-state index contributed by atoms with van der Waals surface area (Å²) >= 11 is 0. The summed E-state index contributed by atoms with van der Waals surface area (Å²) in [6, 6.07) is 15.4. The third kappa shape index (κ3) is 2.51. The van der Waals surface area contributed by atoms with E-state index < -0.39 is 18.1 Å². The zero-order valence-electron chi connectivity index (χ0n) is 11.7. The van der Waals surface area contributed by atoms with E-state index in [9.17, 15) is 18.3 Å². The monoisotopic (exact) mass is 308 g/mol. The van der Waals surface area contributed by atoms with Gasteiger partial charge >= 0.3 is 6.18 Å². The minimum atomic E-state index is -4.87. The molecule has 0 saturated heterocycles. The molecule has 0 amide bonds. The Morgan fingerprint density at radius 2 is 1.64 bits per heavy atom. The number of halogens is 3. The second kappa shape index (κ2) is 5.41. The molecule has 0 aliphatic carbocycles. The van der Waals surface area contributed by atoms with Crippen LogP contribution in [0.25, 0.3) is 0 Å². The quantitative estimate of drug-likeness (QED) is 0.925. The number of fused-ring (bicyclic) bond motifs is 1. The van der Waals surface area contributed by atoms with Crippen LogP contribution < -0.4 is 0 Å². The average Bonchev–Trinajstić information content (AvgIpc) is 2.81.